The van der Waals surface area contributed by atoms with E-state index in [0.717, 1.165) is 43.1 Å². The van der Waals surface area contributed by atoms with Crippen molar-refractivity contribution in [2.75, 3.05) is 32.8 Å². The summed E-state index contributed by atoms with van der Waals surface area (Å²) in [5.74, 6) is 0.998. The summed E-state index contributed by atoms with van der Waals surface area (Å²) in [5.41, 5.74) is 2.23. The van der Waals surface area contributed by atoms with Gasteiger partial charge in [-0.3, -0.25) is 4.79 Å². The lowest BCUT2D eigenvalue weighted by molar-refractivity contribution is -0.136. The minimum Gasteiger partial charge on any atom is -0.492 e. The van der Waals surface area contributed by atoms with Crippen molar-refractivity contribution in [1.29, 1.82) is 0 Å². The van der Waals surface area contributed by atoms with Gasteiger partial charge in [0.05, 0.1) is 12.5 Å². The van der Waals surface area contributed by atoms with Gasteiger partial charge in [-0.2, -0.15) is 0 Å². The van der Waals surface area contributed by atoms with Gasteiger partial charge < -0.3 is 15.0 Å². The van der Waals surface area contributed by atoms with Crippen LogP contribution >= 0.6 is 0 Å². The van der Waals surface area contributed by atoms with Crippen LogP contribution in [0.1, 0.15) is 18.1 Å². The Kier molecular flexibility index (Phi) is 5.01. The molecule has 1 aliphatic heterocycles. The van der Waals surface area contributed by atoms with Gasteiger partial charge in [-0.15, -0.1) is 0 Å². The van der Waals surface area contributed by atoms with Crippen molar-refractivity contribution >= 4 is 5.91 Å². The van der Waals surface area contributed by atoms with E-state index in [1.807, 2.05) is 43.9 Å². The minimum atomic E-state index is -0.105. The zero-order valence-electron chi connectivity index (χ0n) is 12.6. The first-order valence-corrected chi connectivity index (χ1v) is 7.28. The van der Waals surface area contributed by atoms with Crippen molar-refractivity contribution in [1.82, 2.24) is 10.2 Å². The molecule has 0 saturated carbocycles. The molecular formula is C16H24N2O2. The first kappa shape index (κ1) is 14.9. The average molecular weight is 276 g/mol. The molecule has 0 bridgehead atoms. The molecule has 110 valence electrons. The second kappa shape index (κ2) is 6.75. The summed E-state index contributed by atoms with van der Waals surface area (Å²) in [6.45, 7) is 9.81. The Balaban J connectivity index is 1.91. The molecule has 2 rings (SSSR count). The summed E-state index contributed by atoms with van der Waals surface area (Å²) < 4.78 is 5.88. The monoisotopic (exact) mass is 276 g/mol. The van der Waals surface area contributed by atoms with Crippen LogP contribution in [0.4, 0.5) is 0 Å². The van der Waals surface area contributed by atoms with E-state index in [9.17, 15) is 4.79 Å². The van der Waals surface area contributed by atoms with E-state index >= 15 is 0 Å². The first-order valence-electron chi connectivity index (χ1n) is 7.28. The SMILES string of the molecule is Cc1cccc(C)c1OCC(C)C(=O)N1CCNCC1. The molecule has 1 amide bonds. The number of aryl methyl sites for hydroxylation is 2. The highest BCUT2D eigenvalue weighted by Gasteiger charge is 2.22. The molecule has 1 saturated heterocycles. The van der Waals surface area contributed by atoms with Gasteiger partial charge in [0.1, 0.15) is 5.75 Å². The topological polar surface area (TPSA) is 41.6 Å². The summed E-state index contributed by atoms with van der Waals surface area (Å²) in [5, 5.41) is 3.26. The van der Waals surface area contributed by atoms with Crippen LogP contribution in [0, 0.1) is 19.8 Å². The summed E-state index contributed by atoms with van der Waals surface area (Å²) in [6, 6.07) is 6.09. The molecule has 1 unspecified atom stereocenters. The Labute approximate surface area is 121 Å². The summed E-state index contributed by atoms with van der Waals surface area (Å²) in [4.78, 5) is 14.2. The molecule has 1 atom stereocenters. The highest BCUT2D eigenvalue weighted by atomic mass is 16.5. The number of hydrogen-bond acceptors (Lipinski definition) is 3. The number of carbonyl (C=O) groups excluding carboxylic acids is 1. The Morgan fingerprint density at radius 1 is 1.30 bits per heavy atom. The van der Waals surface area contributed by atoms with E-state index in [1.54, 1.807) is 0 Å². The van der Waals surface area contributed by atoms with Gasteiger partial charge in [0.25, 0.3) is 0 Å². The van der Waals surface area contributed by atoms with Crippen LogP contribution in [0.5, 0.6) is 5.75 Å². The van der Waals surface area contributed by atoms with Crippen molar-refractivity contribution in [3.05, 3.63) is 29.3 Å². The fraction of sp³-hybridized carbons (Fsp3) is 0.562. The Morgan fingerprint density at radius 3 is 2.50 bits per heavy atom. The van der Waals surface area contributed by atoms with Gasteiger partial charge in [-0.25, -0.2) is 0 Å². The zero-order valence-corrected chi connectivity index (χ0v) is 12.6. The third-order valence-electron chi connectivity index (χ3n) is 3.74. The Morgan fingerprint density at radius 2 is 1.90 bits per heavy atom. The molecule has 1 N–H and O–H groups in total. The lowest BCUT2D eigenvalue weighted by Crippen LogP contribution is -2.48. The van der Waals surface area contributed by atoms with Crippen molar-refractivity contribution in [2.24, 2.45) is 5.92 Å². The number of nitrogens with zero attached hydrogens (tertiary/aromatic N) is 1. The minimum absolute atomic E-state index is 0.105. The number of ether oxygens (including phenoxy) is 1. The standard InChI is InChI=1S/C16H24N2O2/c1-12-5-4-6-13(2)15(12)20-11-14(3)16(19)18-9-7-17-8-10-18/h4-6,14,17H,7-11H2,1-3H3. The maximum Gasteiger partial charge on any atom is 0.228 e. The molecule has 1 fully saturated rings. The molecule has 1 aromatic carbocycles. The summed E-state index contributed by atoms with van der Waals surface area (Å²) >= 11 is 0. The fourth-order valence-electron chi connectivity index (χ4n) is 2.50. The van der Waals surface area contributed by atoms with Crippen LogP contribution in [-0.2, 0) is 4.79 Å². The third-order valence-corrected chi connectivity index (χ3v) is 3.74. The average Bonchev–Trinajstić information content (AvgIpc) is 2.46. The van der Waals surface area contributed by atoms with Crippen molar-refractivity contribution in [2.45, 2.75) is 20.8 Å². The van der Waals surface area contributed by atoms with Crippen LogP contribution < -0.4 is 10.1 Å². The molecule has 4 heteroatoms. The number of para-hydroxylation sites is 1. The number of rotatable bonds is 4. The summed E-state index contributed by atoms with van der Waals surface area (Å²) in [7, 11) is 0. The molecule has 0 aliphatic carbocycles. The van der Waals surface area contributed by atoms with E-state index in [1.165, 1.54) is 0 Å². The van der Waals surface area contributed by atoms with Crippen molar-refractivity contribution in [3.63, 3.8) is 0 Å². The summed E-state index contributed by atoms with van der Waals surface area (Å²) in [6.07, 6.45) is 0. The normalized spacial score (nSPS) is 16.9. The molecule has 0 aromatic heterocycles. The van der Waals surface area contributed by atoms with Crippen LogP contribution in [0.2, 0.25) is 0 Å². The van der Waals surface area contributed by atoms with E-state index < -0.39 is 0 Å². The van der Waals surface area contributed by atoms with E-state index in [4.69, 9.17) is 4.74 Å². The number of carbonyl (C=O) groups is 1. The molecule has 1 aromatic rings. The van der Waals surface area contributed by atoms with E-state index in [2.05, 4.69) is 5.32 Å². The Hall–Kier alpha value is -1.55. The number of hydrogen-bond donors (Lipinski definition) is 1. The highest BCUT2D eigenvalue weighted by molar-refractivity contribution is 5.78. The van der Waals surface area contributed by atoms with Gasteiger partial charge in [0, 0.05) is 26.2 Å². The van der Waals surface area contributed by atoms with E-state index in [-0.39, 0.29) is 11.8 Å². The maximum atomic E-state index is 12.3. The van der Waals surface area contributed by atoms with Crippen molar-refractivity contribution in [3.8, 4) is 5.75 Å². The van der Waals surface area contributed by atoms with Crippen molar-refractivity contribution < 1.29 is 9.53 Å². The van der Waals surface area contributed by atoms with Gasteiger partial charge in [-0.05, 0) is 25.0 Å². The van der Waals surface area contributed by atoms with Gasteiger partial charge in [-0.1, -0.05) is 25.1 Å². The van der Waals surface area contributed by atoms with Gasteiger partial charge in [0.15, 0.2) is 0 Å². The van der Waals surface area contributed by atoms with Crippen LogP contribution in [0.3, 0.4) is 0 Å². The Bertz CT molecular complexity index is 447. The highest BCUT2D eigenvalue weighted by Crippen LogP contribution is 2.23. The third kappa shape index (κ3) is 3.51. The maximum absolute atomic E-state index is 12.3. The number of amides is 1. The molecule has 20 heavy (non-hydrogen) atoms. The van der Waals surface area contributed by atoms with Gasteiger partial charge in [0.2, 0.25) is 5.91 Å². The predicted molar refractivity (Wildman–Crippen MR) is 80.0 cm³/mol. The molecule has 4 nitrogen and oxygen atoms in total. The van der Waals surface area contributed by atoms with E-state index in [0.29, 0.717) is 6.61 Å². The number of nitrogens with one attached hydrogen (secondary N) is 1. The zero-order chi connectivity index (χ0) is 14.5. The van der Waals surface area contributed by atoms with Gasteiger partial charge >= 0.3 is 0 Å². The molecular weight excluding hydrogens is 252 g/mol. The largest absolute Gasteiger partial charge is 0.492 e. The molecule has 0 radical (unpaired) electrons. The number of benzene rings is 1. The molecule has 1 heterocycles. The van der Waals surface area contributed by atoms with Crippen LogP contribution in [0.15, 0.2) is 18.2 Å². The first-order chi connectivity index (χ1) is 9.59. The second-order valence-electron chi connectivity index (χ2n) is 5.51. The quantitative estimate of drug-likeness (QED) is 0.911. The predicted octanol–water partition coefficient (Wildman–Crippen LogP) is 1.75. The van der Waals surface area contributed by atoms with Crippen LogP contribution in [-0.4, -0.2) is 43.6 Å². The molecule has 0 spiro atoms. The smallest absolute Gasteiger partial charge is 0.228 e. The number of piperazine rings is 1. The fourth-order valence-corrected chi connectivity index (χ4v) is 2.50. The van der Waals surface area contributed by atoms with Crippen LogP contribution in [0.25, 0.3) is 0 Å². The second-order valence-corrected chi connectivity index (χ2v) is 5.51. The lowest BCUT2D eigenvalue weighted by atomic mass is 10.1. The molecule has 1 aliphatic rings. The lowest BCUT2D eigenvalue weighted by Gasteiger charge is -2.29.